The summed E-state index contributed by atoms with van der Waals surface area (Å²) >= 11 is 0. The summed E-state index contributed by atoms with van der Waals surface area (Å²) in [5, 5.41) is 9.49. The minimum absolute atomic E-state index is 0.0967. The second-order valence-corrected chi connectivity index (χ2v) is 11.7. The molecule has 0 amide bonds. The van der Waals surface area contributed by atoms with Crippen LogP contribution in [0.25, 0.3) is 11.1 Å². The van der Waals surface area contributed by atoms with Gasteiger partial charge in [-0.15, -0.1) is 0 Å². The molecule has 0 unspecified atom stereocenters. The number of halogens is 3. The molecule has 1 saturated carbocycles. The Hall–Kier alpha value is -3.59. The molecule has 212 valence electrons. The minimum Gasteiger partial charge on any atom is -0.486 e. The molecule has 1 fully saturated rings. The fraction of sp³-hybridized carbons (Fsp3) is 0.419. The van der Waals surface area contributed by atoms with Crippen molar-refractivity contribution in [3.05, 3.63) is 76.2 Å². The molecule has 9 heteroatoms. The van der Waals surface area contributed by atoms with E-state index in [0.29, 0.717) is 36.0 Å². The van der Waals surface area contributed by atoms with E-state index in [9.17, 15) is 18.7 Å². The zero-order chi connectivity index (χ0) is 29.0. The lowest BCUT2D eigenvalue weighted by atomic mass is 9.81. The van der Waals surface area contributed by atoms with Gasteiger partial charge in [0.25, 0.3) is 0 Å². The third kappa shape index (κ3) is 4.70. The fourth-order valence-corrected chi connectivity index (χ4v) is 6.17. The Morgan fingerprint density at radius 1 is 1.12 bits per heavy atom. The van der Waals surface area contributed by atoms with Crippen LogP contribution in [0.15, 0.2) is 36.5 Å². The lowest BCUT2D eigenvalue weighted by molar-refractivity contribution is -0.139. The van der Waals surface area contributed by atoms with E-state index in [1.165, 1.54) is 13.2 Å². The van der Waals surface area contributed by atoms with Gasteiger partial charge < -0.3 is 19.3 Å². The van der Waals surface area contributed by atoms with Crippen LogP contribution in [-0.2, 0) is 28.0 Å². The van der Waals surface area contributed by atoms with Crippen molar-refractivity contribution in [3.63, 3.8) is 0 Å². The number of aliphatic carboxylic acids is 1. The molecule has 1 N–H and O–H groups in total. The summed E-state index contributed by atoms with van der Waals surface area (Å²) in [7, 11) is 3.03. The second kappa shape index (κ2) is 10.1. The number of carboxylic acids is 1. The largest absolute Gasteiger partial charge is 0.486 e. The Bertz CT molecular complexity index is 1480. The maximum Gasteiger partial charge on any atom is 0.307 e. The van der Waals surface area contributed by atoms with Crippen molar-refractivity contribution in [2.75, 3.05) is 14.2 Å². The van der Waals surface area contributed by atoms with E-state index < -0.39 is 40.9 Å². The molecule has 1 spiro atoms. The van der Waals surface area contributed by atoms with Crippen LogP contribution in [0.2, 0.25) is 0 Å². The van der Waals surface area contributed by atoms with Gasteiger partial charge in [0.1, 0.15) is 18.2 Å². The summed E-state index contributed by atoms with van der Waals surface area (Å²) in [5.74, 6) is -3.55. The lowest BCUT2D eigenvalue weighted by Gasteiger charge is -2.32. The summed E-state index contributed by atoms with van der Waals surface area (Å²) in [6, 6.07) is 7.82. The summed E-state index contributed by atoms with van der Waals surface area (Å²) in [6.07, 6.45) is 1.65. The number of fused-ring (bicyclic) bond motifs is 2. The third-order valence-electron chi connectivity index (χ3n) is 8.12. The van der Waals surface area contributed by atoms with Crippen LogP contribution < -0.4 is 9.47 Å². The number of ether oxygens (including phenoxy) is 3. The first-order valence-electron chi connectivity index (χ1n) is 13.1. The number of carboxylic acid groups (broad SMARTS) is 1. The Morgan fingerprint density at radius 2 is 1.88 bits per heavy atom. The van der Waals surface area contributed by atoms with Crippen molar-refractivity contribution >= 4 is 5.97 Å². The highest BCUT2D eigenvalue weighted by Crippen LogP contribution is 2.63. The van der Waals surface area contributed by atoms with Crippen LogP contribution in [-0.4, -0.2) is 30.3 Å². The van der Waals surface area contributed by atoms with Crippen LogP contribution in [0.1, 0.15) is 62.0 Å². The first kappa shape index (κ1) is 28.0. The number of hydrogen-bond acceptors (Lipinski definition) is 5. The van der Waals surface area contributed by atoms with E-state index in [0.717, 1.165) is 12.3 Å². The Labute approximate surface area is 231 Å². The molecule has 3 atom stereocenters. The van der Waals surface area contributed by atoms with Crippen molar-refractivity contribution in [1.29, 1.82) is 0 Å². The van der Waals surface area contributed by atoms with Crippen LogP contribution in [0.5, 0.6) is 11.6 Å². The molecule has 40 heavy (non-hydrogen) atoms. The second-order valence-electron chi connectivity index (χ2n) is 11.7. The molecule has 0 aliphatic heterocycles. The van der Waals surface area contributed by atoms with Crippen molar-refractivity contribution in [2.24, 2.45) is 11.3 Å². The summed E-state index contributed by atoms with van der Waals surface area (Å²) < 4.78 is 62.5. The number of methoxy groups -OCH3 is 2. The van der Waals surface area contributed by atoms with Gasteiger partial charge in [-0.25, -0.2) is 18.2 Å². The van der Waals surface area contributed by atoms with Gasteiger partial charge in [0, 0.05) is 35.8 Å². The predicted octanol–water partition coefficient (Wildman–Crippen LogP) is 6.78. The number of nitrogens with zero attached hydrogens (tertiary/aromatic N) is 1. The Kier molecular flexibility index (Phi) is 7.06. The summed E-state index contributed by atoms with van der Waals surface area (Å²) in [6.45, 7) is 5.90. The van der Waals surface area contributed by atoms with E-state index in [1.54, 1.807) is 19.2 Å². The molecule has 3 aromatic rings. The molecule has 0 bridgehead atoms. The first-order chi connectivity index (χ1) is 18.9. The topological polar surface area (TPSA) is 77.9 Å². The Morgan fingerprint density at radius 3 is 2.50 bits per heavy atom. The number of rotatable bonds is 8. The zero-order valence-corrected chi connectivity index (χ0v) is 23.1. The number of hydrogen-bond donors (Lipinski definition) is 1. The molecule has 6 nitrogen and oxygen atoms in total. The monoisotopic (exact) mass is 555 g/mol. The number of benzene rings is 2. The highest BCUT2D eigenvalue weighted by Gasteiger charge is 2.63. The normalized spacial score (nSPS) is 20.4. The Balaban J connectivity index is 1.51. The first-order valence-corrected chi connectivity index (χ1v) is 13.1. The van der Waals surface area contributed by atoms with E-state index in [4.69, 9.17) is 14.2 Å². The molecular formula is C31H32F3NO5. The molecule has 0 saturated heterocycles. The van der Waals surface area contributed by atoms with Gasteiger partial charge in [0.15, 0.2) is 11.6 Å². The number of aromatic nitrogens is 1. The van der Waals surface area contributed by atoms with Crippen molar-refractivity contribution in [3.8, 4) is 22.8 Å². The average Bonchev–Trinajstić information content (AvgIpc) is 3.50. The predicted molar refractivity (Wildman–Crippen MR) is 142 cm³/mol. The maximum atomic E-state index is 15.7. The SMILES string of the molecule is COc1cc(-c2ccc(COc3cc(F)c4c(c3F)[C@@]3(CC4)C[C@@H]3C(=O)O)cc2[C@H](OC)C(C)(C)C)c(F)cn1. The van der Waals surface area contributed by atoms with E-state index in [2.05, 4.69) is 4.98 Å². The molecule has 5 rings (SSSR count). The molecule has 0 radical (unpaired) electrons. The highest BCUT2D eigenvalue weighted by atomic mass is 19.1. The number of carbonyl (C=O) groups is 1. The average molecular weight is 556 g/mol. The molecular weight excluding hydrogens is 523 g/mol. The fourth-order valence-electron chi connectivity index (χ4n) is 6.17. The van der Waals surface area contributed by atoms with E-state index in [1.807, 2.05) is 26.8 Å². The van der Waals surface area contributed by atoms with Crippen molar-refractivity contribution in [1.82, 2.24) is 4.98 Å². The molecule has 1 aromatic heterocycles. The quantitative estimate of drug-likeness (QED) is 0.330. The smallest absolute Gasteiger partial charge is 0.307 e. The van der Waals surface area contributed by atoms with Gasteiger partial charge >= 0.3 is 5.97 Å². The van der Waals surface area contributed by atoms with Gasteiger partial charge in [0.2, 0.25) is 5.88 Å². The lowest BCUT2D eigenvalue weighted by Crippen LogP contribution is -2.21. The summed E-state index contributed by atoms with van der Waals surface area (Å²) in [4.78, 5) is 15.5. The van der Waals surface area contributed by atoms with E-state index in [-0.39, 0.29) is 40.3 Å². The van der Waals surface area contributed by atoms with Crippen LogP contribution in [0.4, 0.5) is 13.2 Å². The standard InChI is InChI=1S/C31H32F3NO5/c1-30(2,3)28(39-5)20-10-16(6-7-17(20)19-11-25(38-4)35-14-23(19)33)15-40-24-12-22(32)18-8-9-31(26(18)27(24)34)13-21(31)29(36)37/h6-7,10-12,14,21,28H,8-9,13,15H2,1-5H3,(H,36,37)/t21-,28+,31+/m1/s1. The van der Waals surface area contributed by atoms with Gasteiger partial charge in [-0.05, 0) is 53.0 Å². The van der Waals surface area contributed by atoms with E-state index >= 15 is 4.39 Å². The molecule has 1 heterocycles. The van der Waals surface area contributed by atoms with Gasteiger partial charge in [-0.2, -0.15) is 0 Å². The van der Waals surface area contributed by atoms with Crippen molar-refractivity contribution in [2.45, 2.75) is 58.2 Å². The van der Waals surface area contributed by atoms with Gasteiger partial charge in [-0.3, -0.25) is 4.79 Å². The van der Waals surface area contributed by atoms with Gasteiger partial charge in [-0.1, -0.05) is 32.9 Å². The van der Waals surface area contributed by atoms with Crippen LogP contribution in [0.3, 0.4) is 0 Å². The number of pyridine rings is 1. The van der Waals surface area contributed by atoms with Gasteiger partial charge in [0.05, 0.1) is 25.3 Å². The molecule has 2 aliphatic rings. The minimum atomic E-state index is -0.999. The van der Waals surface area contributed by atoms with Crippen LogP contribution >= 0.6 is 0 Å². The highest BCUT2D eigenvalue weighted by molar-refractivity contribution is 5.78. The molecule has 2 aromatic carbocycles. The molecule has 2 aliphatic carbocycles. The summed E-state index contributed by atoms with van der Waals surface area (Å²) in [5.41, 5.74) is 1.33. The maximum absolute atomic E-state index is 15.7. The zero-order valence-electron chi connectivity index (χ0n) is 23.1. The third-order valence-corrected chi connectivity index (χ3v) is 8.12. The van der Waals surface area contributed by atoms with Crippen molar-refractivity contribution < 1.29 is 37.3 Å². The van der Waals surface area contributed by atoms with Crippen LogP contribution in [0, 0.1) is 28.8 Å².